The Morgan fingerprint density at radius 3 is 2.84 bits per heavy atom. The van der Waals surface area contributed by atoms with E-state index in [2.05, 4.69) is 10.5 Å². The van der Waals surface area contributed by atoms with Crippen molar-refractivity contribution in [1.82, 2.24) is 5.16 Å². The maximum atomic E-state index is 11.7. The quantitative estimate of drug-likeness (QED) is 0.935. The van der Waals surface area contributed by atoms with Gasteiger partial charge in [0.1, 0.15) is 5.76 Å². The first-order valence-electron chi connectivity index (χ1n) is 5.67. The van der Waals surface area contributed by atoms with Gasteiger partial charge in [0.2, 0.25) is 0 Å². The molecular weight excluding hydrogens is 268 g/mol. The molecule has 0 bridgehead atoms. The van der Waals surface area contributed by atoms with Crippen LogP contribution in [-0.4, -0.2) is 17.7 Å². The normalized spacial score (nSPS) is 10.3. The van der Waals surface area contributed by atoms with Crippen molar-refractivity contribution in [1.29, 1.82) is 0 Å². The number of halogens is 1. The summed E-state index contributed by atoms with van der Waals surface area (Å²) < 4.78 is 9.98. The third-order valence-corrected chi connectivity index (χ3v) is 2.82. The highest BCUT2D eigenvalue weighted by Crippen LogP contribution is 2.19. The summed E-state index contributed by atoms with van der Waals surface area (Å²) >= 11 is 5.97. The molecule has 1 N–H and O–H groups in total. The molecule has 1 amide bonds. The molecule has 0 aliphatic carbocycles. The molecule has 6 heteroatoms. The number of anilines is 1. The summed E-state index contributed by atoms with van der Waals surface area (Å²) in [6.45, 7) is 3.50. The van der Waals surface area contributed by atoms with Crippen LogP contribution in [-0.2, 0) is 4.79 Å². The van der Waals surface area contributed by atoms with Gasteiger partial charge in [-0.15, -0.1) is 0 Å². The van der Waals surface area contributed by atoms with Gasteiger partial charge >= 0.3 is 0 Å². The minimum Gasteiger partial charge on any atom is -0.465 e. The second-order valence-corrected chi connectivity index (χ2v) is 4.48. The average molecular weight is 281 g/mol. The molecule has 1 aromatic carbocycles. The molecule has 0 saturated heterocycles. The van der Waals surface area contributed by atoms with Crippen LogP contribution in [0.3, 0.4) is 0 Å². The lowest BCUT2D eigenvalue weighted by Gasteiger charge is -2.06. The van der Waals surface area contributed by atoms with Gasteiger partial charge in [0.25, 0.3) is 11.8 Å². The van der Waals surface area contributed by atoms with E-state index in [1.54, 1.807) is 25.1 Å². The highest BCUT2D eigenvalue weighted by atomic mass is 35.5. The number of nitrogens with one attached hydrogen (secondary N) is 1. The molecule has 19 heavy (non-hydrogen) atoms. The lowest BCUT2D eigenvalue weighted by molar-refractivity contribution is -0.118. The van der Waals surface area contributed by atoms with Crippen LogP contribution in [0.4, 0.5) is 5.69 Å². The smallest absolute Gasteiger partial charge is 0.262 e. The third kappa shape index (κ3) is 3.72. The molecule has 5 nitrogen and oxygen atoms in total. The van der Waals surface area contributed by atoms with Crippen molar-refractivity contribution < 1.29 is 14.1 Å². The van der Waals surface area contributed by atoms with Gasteiger partial charge in [0, 0.05) is 16.8 Å². The number of carbonyl (C=O) groups excluding carboxylic acids is 1. The number of nitrogens with zero attached hydrogens (tertiary/aromatic N) is 1. The van der Waals surface area contributed by atoms with Crippen LogP contribution < -0.4 is 10.1 Å². The molecule has 0 atom stereocenters. The van der Waals surface area contributed by atoms with Gasteiger partial charge < -0.3 is 14.6 Å². The van der Waals surface area contributed by atoms with Crippen molar-refractivity contribution in [2.24, 2.45) is 0 Å². The molecule has 1 aromatic heterocycles. The van der Waals surface area contributed by atoms with Gasteiger partial charge in [0.15, 0.2) is 6.61 Å². The zero-order valence-corrected chi connectivity index (χ0v) is 11.3. The van der Waals surface area contributed by atoms with Gasteiger partial charge in [-0.2, -0.15) is 0 Å². The molecule has 100 valence electrons. The maximum Gasteiger partial charge on any atom is 0.262 e. The monoisotopic (exact) mass is 280 g/mol. The summed E-state index contributed by atoms with van der Waals surface area (Å²) in [5.74, 6) is 0.621. The SMILES string of the molecule is Cc1cc(OCC(=O)Nc2ccc(C)c(Cl)c2)no1. The Labute approximate surface area is 115 Å². The van der Waals surface area contributed by atoms with Crippen molar-refractivity contribution >= 4 is 23.2 Å². The van der Waals surface area contributed by atoms with Gasteiger partial charge in [0.05, 0.1) is 0 Å². The molecule has 0 radical (unpaired) electrons. The highest BCUT2D eigenvalue weighted by Gasteiger charge is 2.07. The fourth-order valence-corrected chi connectivity index (χ4v) is 1.60. The van der Waals surface area contributed by atoms with E-state index in [4.69, 9.17) is 20.9 Å². The van der Waals surface area contributed by atoms with Crippen LogP contribution in [0.5, 0.6) is 5.88 Å². The summed E-state index contributed by atoms with van der Waals surface area (Å²) in [6, 6.07) is 6.91. The number of amides is 1. The topological polar surface area (TPSA) is 64.4 Å². The fourth-order valence-electron chi connectivity index (χ4n) is 1.42. The fraction of sp³-hybridized carbons (Fsp3) is 0.231. The predicted octanol–water partition coefficient (Wildman–Crippen LogP) is 2.96. The molecule has 0 saturated carbocycles. The van der Waals surface area contributed by atoms with E-state index in [1.807, 2.05) is 13.0 Å². The number of hydrogen-bond donors (Lipinski definition) is 1. The summed E-state index contributed by atoms with van der Waals surface area (Å²) in [6.07, 6.45) is 0. The predicted molar refractivity (Wildman–Crippen MR) is 71.6 cm³/mol. The van der Waals surface area contributed by atoms with E-state index in [9.17, 15) is 4.79 Å². The third-order valence-electron chi connectivity index (χ3n) is 2.41. The number of benzene rings is 1. The van der Waals surface area contributed by atoms with E-state index in [0.717, 1.165) is 5.56 Å². The van der Waals surface area contributed by atoms with Crippen molar-refractivity contribution in [3.63, 3.8) is 0 Å². The first kappa shape index (κ1) is 13.4. The van der Waals surface area contributed by atoms with Gasteiger partial charge in [-0.3, -0.25) is 4.79 Å². The van der Waals surface area contributed by atoms with Crippen molar-refractivity contribution in [3.05, 3.63) is 40.6 Å². The minimum atomic E-state index is -0.291. The molecule has 0 aliphatic rings. The number of carbonyl (C=O) groups is 1. The van der Waals surface area contributed by atoms with Gasteiger partial charge in [-0.1, -0.05) is 17.7 Å². The molecule has 2 rings (SSSR count). The number of aromatic nitrogens is 1. The molecule has 0 fully saturated rings. The Morgan fingerprint density at radius 2 is 2.21 bits per heavy atom. The highest BCUT2D eigenvalue weighted by molar-refractivity contribution is 6.31. The van der Waals surface area contributed by atoms with Crippen molar-refractivity contribution in [3.8, 4) is 5.88 Å². The number of aryl methyl sites for hydroxylation is 2. The molecule has 2 aromatic rings. The lowest BCUT2D eigenvalue weighted by Crippen LogP contribution is -2.20. The van der Waals surface area contributed by atoms with Crippen molar-refractivity contribution in [2.75, 3.05) is 11.9 Å². The van der Waals surface area contributed by atoms with Gasteiger partial charge in [-0.25, -0.2) is 0 Å². The van der Waals surface area contributed by atoms with Crippen LogP contribution in [0, 0.1) is 13.8 Å². The summed E-state index contributed by atoms with van der Waals surface area (Å²) in [4.78, 5) is 11.7. The number of rotatable bonds is 4. The van der Waals surface area contributed by atoms with Crippen LogP contribution in [0.2, 0.25) is 5.02 Å². The molecule has 0 unspecified atom stereocenters. The Morgan fingerprint density at radius 1 is 1.42 bits per heavy atom. The first-order chi connectivity index (χ1) is 9.04. The van der Waals surface area contributed by atoms with E-state index in [0.29, 0.717) is 16.5 Å². The van der Waals surface area contributed by atoms with Crippen LogP contribution in [0.25, 0.3) is 0 Å². The van der Waals surface area contributed by atoms with Crippen LogP contribution in [0.1, 0.15) is 11.3 Å². The second-order valence-electron chi connectivity index (χ2n) is 4.08. The number of hydrogen-bond acceptors (Lipinski definition) is 4. The van der Waals surface area contributed by atoms with E-state index in [-0.39, 0.29) is 18.4 Å². The summed E-state index contributed by atoms with van der Waals surface area (Å²) in [7, 11) is 0. The van der Waals surface area contributed by atoms with E-state index < -0.39 is 0 Å². The Kier molecular flexibility index (Phi) is 4.06. The summed E-state index contributed by atoms with van der Waals surface area (Å²) in [5, 5.41) is 6.91. The molecule has 1 heterocycles. The molecule has 0 aliphatic heterocycles. The zero-order valence-electron chi connectivity index (χ0n) is 10.6. The van der Waals surface area contributed by atoms with E-state index >= 15 is 0 Å². The second kappa shape index (κ2) is 5.75. The van der Waals surface area contributed by atoms with E-state index in [1.165, 1.54) is 0 Å². The van der Waals surface area contributed by atoms with Gasteiger partial charge in [-0.05, 0) is 36.7 Å². The Balaban J connectivity index is 1.88. The van der Waals surface area contributed by atoms with Crippen LogP contribution >= 0.6 is 11.6 Å². The minimum absolute atomic E-state index is 0.141. The lowest BCUT2D eigenvalue weighted by atomic mass is 10.2. The largest absolute Gasteiger partial charge is 0.465 e. The Bertz CT molecular complexity index is 595. The standard InChI is InChI=1S/C13H13ClN2O3/c1-8-3-4-10(6-11(8)14)15-12(17)7-18-13-5-9(2)19-16-13/h3-6H,7H2,1-2H3,(H,15,17). The molecule has 0 spiro atoms. The number of ether oxygens (including phenoxy) is 1. The van der Waals surface area contributed by atoms with Crippen molar-refractivity contribution in [2.45, 2.75) is 13.8 Å². The van der Waals surface area contributed by atoms with Crippen LogP contribution in [0.15, 0.2) is 28.8 Å². The summed E-state index contributed by atoms with van der Waals surface area (Å²) in [5.41, 5.74) is 1.58. The molecular formula is C13H13ClN2O3. The zero-order chi connectivity index (χ0) is 13.8. The average Bonchev–Trinajstić information content (AvgIpc) is 2.77. The Hall–Kier alpha value is -2.01. The first-order valence-corrected chi connectivity index (χ1v) is 6.04. The maximum absolute atomic E-state index is 11.7.